The van der Waals surface area contributed by atoms with E-state index in [0.29, 0.717) is 23.0 Å². The predicted octanol–water partition coefficient (Wildman–Crippen LogP) is 1.71. The highest BCUT2D eigenvalue weighted by molar-refractivity contribution is 7.99. The van der Waals surface area contributed by atoms with Crippen molar-refractivity contribution in [1.29, 1.82) is 0 Å². The first-order chi connectivity index (χ1) is 13.5. The van der Waals surface area contributed by atoms with Crippen molar-refractivity contribution in [2.75, 3.05) is 44.3 Å². The molecule has 1 aromatic carbocycles. The van der Waals surface area contributed by atoms with Crippen molar-refractivity contribution in [3.63, 3.8) is 0 Å². The van der Waals surface area contributed by atoms with Gasteiger partial charge in [0.05, 0.1) is 5.75 Å². The number of rotatable bonds is 8. The van der Waals surface area contributed by atoms with Gasteiger partial charge in [-0.15, -0.1) is 10.2 Å². The molecular weight excluding hydrogens is 376 g/mol. The van der Waals surface area contributed by atoms with Crippen LogP contribution in [0.3, 0.4) is 0 Å². The summed E-state index contributed by atoms with van der Waals surface area (Å²) in [6.07, 6.45) is 4.08. The lowest BCUT2D eigenvalue weighted by Gasteiger charge is -2.21. The standard InChI is InChI=1S/C19H26N6O2S/c1-23(10-11-25-8-3-4-9-25)18(27)15-6-5-7-16(12-15)21-17(26)13-28-19-22-20-14-24(19)2/h5-7,12,14H,3-4,8-11,13H2,1-2H3,(H,21,26). The Morgan fingerprint density at radius 3 is 2.79 bits per heavy atom. The highest BCUT2D eigenvalue weighted by atomic mass is 32.2. The van der Waals surface area contributed by atoms with Crippen LogP contribution in [-0.2, 0) is 11.8 Å². The molecule has 1 aliphatic heterocycles. The molecule has 0 bridgehead atoms. The first kappa shape index (κ1) is 20.3. The molecule has 2 amide bonds. The number of likely N-dealkylation sites (tertiary alicyclic amines) is 1. The number of hydrogen-bond donors (Lipinski definition) is 1. The SMILES string of the molecule is CN(CCN1CCCC1)C(=O)c1cccc(NC(=O)CSc2nncn2C)c1. The Bertz CT molecular complexity index is 818. The molecule has 1 aliphatic rings. The van der Waals surface area contributed by atoms with Crippen LogP contribution in [0.4, 0.5) is 5.69 Å². The minimum atomic E-state index is -0.153. The zero-order valence-corrected chi connectivity index (χ0v) is 17.1. The average Bonchev–Trinajstić information content (AvgIpc) is 3.35. The Hall–Kier alpha value is -2.39. The van der Waals surface area contributed by atoms with E-state index in [2.05, 4.69) is 20.4 Å². The molecule has 1 fully saturated rings. The smallest absolute Gasteiger partial charge is 0.253 e. The summed E-state index contributed by atoms with van der Waals surface area (Å²) in [6.45, 7) is 3.84. The van der Waals surface area contributed by atoms with Crippen LogP contribution in [0.1, 0.15) is 23.2 Å². The van der Waals surface area contributed by atoms with Crippen LogP contribution >= 0.6 is 11.8 Å². The van der Waals surface area contributed by atoms with Crippen LogP contribution in [0.5, 0.6) is 0 Å². The summed E-state index contributed by atoms with van der Waals surface area (Å²) in [5.41, 5.74) is 1.19. The van der Waals surface area contributed by atoms with Crippen LogP contribution < -0.4 is 5.32 Å². The van der Waals surface area contributed by atoms with E-state index in [9.17, 15) is 9.59 Å². The lowest BCUT2D eigenvalue weighted by molar-refractivity contribution is -0.113. The lowest BCUT2D eigenvalue weighted by Crippen LogP contribution is -2.35. The summed E-state index contributed by atoms with van der Waals surface area (Å²) in [4.78, 5) is 29.0. The first-order valence-corrected chi connectivity index (χ1v) is 10.4. The molecule has 150 valence electrons. The van der Waals surface area contributed by atoms with Gasteiger partial charge in [-0.25, -0.2) is 0 Å². The predicted molar refractivity (Wildman–Crippen MR) is 109 cm³/mol. The van der Waals surface area contributed by atoms with Gasteiger partial charge in [0, 0.05) is 38.4 Å². The van der Waals surface area contributed by atoms with Crippen molar-refractivity contribution in [2.24, 2.45) is 7.05 Å². The topological polar surface area (TPSA) is 83.4 Å². The van der Waals surface area contributed by atoms with Crippen molar-refractivity contribution in [2.45, 2.75) is 18.0 Å². The molecule has 0 saturated carbocycles. The van der Waals surface area contributed by atoms with Crippen LogP contribution in [0.15, 0.2) is 35.7 Å². The van der Waals surface area contributed by atoms with E-state index in [-0.39, 0.29) is 17.6 Å². The second-order valence-corrected chi connectivity index (χ2v) is 7.86. The van der Waals surface area contributed by atoms with Crippen LogP contribution in [-0.4, -0.2) is 75.4 Å². The second kappa shape index (κ2) is 9.70. The molecule has 28 heavy (non-hydrogen) atoms. The molecule has 9 heteroatoms. The van der Waals surface area contributed by atoms with Gasteiger partial charge in [0.2, 0.25) is 5.91 Å². The van der Waals surface area contributed by atoms with Gasteiger partial charge >= 0.3 is 0 Å². The third kappa shape index (κ3) is 5.56. The molecule has 0 atom stereocenters. The molecule has 1 aromatic heterocycles. The fourth-order valence-electron chi connectivity index (χ4n) is 3.08. The number of benzene rings is 1. The molecule has 0 radical (unpaired) electrons. The zero-order valence-electron chi connectivity index (χ0n) is 16.3. The van der Waals surface area contributed by atoms with Gasteiger partial charge in [-0.2, -0.15) is 0 Å². The van der Waals surface area contributed by atoms with Crippen molar-refractivity contribution in [3.05, 3.63) is 36.2 Å². The maximum absolute atomic E-state index is 12.7. The van der Waals surface area contributed by atoms with E-state index in [1.807, 2.05) is 14.1 Å². The number of aryl methyl sites for hydroxylation is 1. The second-order valence-electron chi connectivity index (χ2n) is 6.92. The quantitative estimate of drug-likeness (QED) is 0.677. The van der Waals surface area contributed by atoms with E-state index in [1.165, 1.54) is 24.6 Å². The number of carbonyl (C=O) groups excluding carboxylic acids is 2. The van der Waals surface area contributed by atoms with E-state index < -0.39 is 0 Å². The lowest BCUT2D eigenvalue weighted by atomic mass is 10.1. The molecule has 0 unspecified atom stereocenters. The summed E-state index contributed by atoms with van der Waals surface area (Å²) in [6, 6.07) is 7.07. The van der Waals surface area contributed by atoms with E-state index in [1.54, 1.807) is 40.1 Å². The molecule has 2 heterocycles. The molecule has 3 rings (SSSR count). The van der Waals surface area contributed by atoms with Gasteiger partial charge in [0.15, 0.2) is 5.16 Å². The summed E-state index contributed by atoms with van der Waals surface area (Å²) in [7, 11) is 3.65. The summed E-state index contributed by atoms with van der Waals surface area (Å²) >= 11 is 1.31. The Kier molecular flexibility index (Phi) is 7.05. The molecular formula is C19H26N6O2S. The van der Waals surface area contributed by atoms with Gasteiger partial charge < -0.3 is 19.7 Å². The summed E-state index contributed by atoms with van der Waals surface area (Å²) in [5.74, 6) is 0.0317. The fraction of sp³-hybridized carbons (Fsp3) is 0.474. The Labute approximate surface area is 169 Å². The maximum atomic E-state index is 12.7. The van der Waals surface area contributed by atoms with E-state index in [0.717, 1.165) is 19.6 Å². The summed E-state index contributed by atoms with van der Waals surface area (Å²) < 4.78 is 1.76. The van der Waals surface area contributed by atoms with Crippen LogP contribution in [0.2, 0.25) is 0 Å². The normalized spacial score (nSPS) is 14.2. The fourth-order valence-corrected chi connectivity index (χ4v) is 3.77. The van der Waals surface area contributed by atoms with Gasteiger partial charge in [-0.05, 0) is 44.1 Å². The van der Waals surface area contributed by atoms with Crippen molar-refractivity contribution < 1.29 is 9.59 Å². The Balaban J connectivity index is 1.51. The summed E-state index contributed by atoms with van der Waals surface area (Å²) in [5, 5.41) is 11.2. The first-order valence-electron chi connectivity index (χ1n) is 9.37. The van der Waals surface area contributed by atoms with Crippen molar-refractivity contribution >= 4 is 29.3 Å². The Morgan fingerprint density at radius 1 is 1.29 bits per heavy atom. The number of anilines is 1. The highest BCUT2D eigenvalue weighted by Gasteiger charge is 2.16. The van der Waals surface area contributed by atoms with Gasteiger partial charge in [-0.1, -0.05) is 17.8 Å². The number of aromatic nitrogens is 3. The average molecular weight is 403 g/mol. The van der Waals surface area contributed by atoms with E-state index in [4.69, 9.17) is 0 Å². The molecule has 1 N–H and O–H groups in total. The number of nitrogens with zero attached hydrogens (tertiary/aromatic N) is 5. The van der Waals surface area contributed by atoms with E-state index >= 15 is 0 Å². The van der Waals surface area contributed by atoms with Gasteiger partial charge in [0.25, 0.3) is 5.91 Å². The molecule has 8 nitrogen and oxygen atoms in total. The van der Waals surface area contributed by atoms with Crippen LogP contribution in [0.25, 0.3) is 0 Å². The zero-order chi connectivity index (χ0) is 19.9. The van der Waals surface area contributed by atoms with Crippen LogP contribution in [0, 0.1) is 0 Å². The third-order valence-electron chi connectivity index (χ3n) is 4.69. The highest BCUT2D eigenvalue weighted by Crippen LogP contribution is 2.16. The molecule has 0 spiro atoms. The number of likely N-dealkylation sites (N-methyl/N-ethyl adjacent to an activating group) is 1. The van der Waals surface area contributed by atoms with Crippen molar-refractivity contribution in [1.82, 2.24) is 24.6 Å². The monoisotopic (exact) mass is 402 g/mol. The number of thioether (sulfide) groups is 1. The number of nitrogens with one attached hydrogen (secondary N) is 1. The third-order valence-corrected chi connectivity index (χ3v) is 5.73. The minimum Gasteiger partial charge on any atom is -0.340 e. The van der Waals surface area contributed by atoms with Gasteiger partial charge in [-0.3, -0.25) is 9.59 Å². The Morgan fingerprint density at radius 2 is 2.07 bits per heavy atom. The minimum absolute atomic E-state index is 0.0382. The number of carbonyl (C=O) groups is 2. The van der Waals surface area contributed by atoms with Gasteiger partial charge in [0.1, 0.15) is 6.33 Å². The molecule has 2 aromatic rings. The number of amides is 2. The number of hydrogen-bond acceptors (Lipinski definition) is 6. The maximum Gasteiger partial charge on any atom is 0.253 e. The molecule has 0 aliphatic carbocycles. The molecule has 1 saturated heterocycles. The van der Waals surface area contributed by atoms with Crippen molar-refractivity contribution in [3.8, 4) is 0 Å². The largest absolute Gasteiger partial charge is 0.340 e.